The van der Waals surface area contributed by atoms with Crippen LogP contribution >= 0.6 is 0 Å². The van der Waals surface area contributed by atoms with E-state index in [4.69, 9.17) is 9.47 Å². The fraction of sp³-hybridized carbons (Fsp3) is 0.222. The van der Waals surface area contributed by atoms with Crippen LogP contribution in [0.3, 0.4) is 0 Å². The zero-order valence-corrected chi connectivity index (χ0v) is 13.8. The summed E-state index contributed by atoms with van der Waals surface area (Å²) in [6.07, 6.45) is -1.02. The molecule has 0 heterocycles. The van der Waals surface area contributed by atoms with E-state index in [1.54, 1.807) is 24.3 Å². The van der Waals surface area contributed by atoms with Crippen LogP contribution in [0.2, 0.25) is 0 Å². The number of ketones is 1. The van der Waals surface area contributed by atoms with Crippen LogP contribution in [0.1, 0.15) is 34.6 Å². The minimum Gasteiger partial charge on any atom is -0.494 e. The van der Waals surface area contributed by atoms with Crippen LogP contribution in [0, 0.1) is 10.1 Å². The monoisotopic (exact) mass is 343 g/mol. The second-order valence-electron chi connectivity index (χ2n) is 5.18. The minimum atomic E-state index is -1.02. The lowest BCUT2D eigenvalue weighted by Gasteiger charge is -2.12. The number of nitro benzene ring substituents is 1. The van der Waals surface area contributed by atoms with E-state index in [1.165, 1.54) is 25.1 Å². The van der Waals surface area contributed by atoms with Gasteiger partial charge in [0.25, 0.3) is 5.69 Å². The van der Waals surface area contributed by atoms with Crippen LogP contribution in [0.4, 0.5) is 5.69 Å². The van der Waals surface area contributed by atoms with Crippen molar-refractivity contribution in [2.24, 2.45) is 0 Å². The van der Waals surface area contributed by atoms with Gasteiger partial charge in [-0.3, -0.25) is 14.9 Å². The molecule has 0 saturated heterocycles. The fourth-order valence-electron chi connectivity index (χ4n) is 2.15. The molecule has 0 aliphatic heterocycles. The maximum absolute atomic E-state index is 12.3. The number of Topliss-reactive ketones (excluding diaryl/α,β-unsaturated/α-hetero) is 1. The molecule has 0 spiro atoms. The zero-order chi connectivity index (χ0) is 18.4. The number of nitro groups is 1. The SMILES string of the molecule is CCOc1ccc(C(=O)[C@H](C)OC(=O)c2cccc([N+](=O)[O-])c2)cc1. The molecule has 0 bridgehead atoms. The average Bonchev–Trinajstić information content (AvgIpc) is 2.62. The van der Waals surface area contributed by atoms with Crippen LogP contribution in [-0.4, -0.2) is 29.4 Å². The zero-order valence-electron chi connectivity index (χ0n) is 13.8. The van der Waals surface area contributed by atoms with Crippen molar-refractivity contribution in [1.82, 2.24) is 0 Å². The van der Waals surface area contributed by atoms with Gasteiger partial charge in [0.2, 0.25) is 5.78 Å². The number of carbonyl (C=O) groups is 2. The van der Waals surface area contributed by atoms with Gasteiger partial charge in [-0.1, -0.05) is 6.07 Å². The number of hydrogen-bond acceptors (Lipinski definition) is 6. The summed E-state index contributed by atoms with van der Waals surface area (Å²) in [6.45, 7) is 3.83. The maximum atomic E-state index is 12.3. The summed E-state index contributed by atoms with van der Waals surface area (Å²) in [5.74, 6) is -0.530. The third-order valence-corrected chi connectivity index (χ3v) is 3.40. The van der Waals surface area contributed by atoms with E-state index in [0.29, 0.717) is 17.9 Å². The molecule has 0 saturated carbocycles. The highest BCUT2D eigenvalue weighted by Gasteiger charge is 2.21. The standard InChI is InChI=1S/C18H17NO6/c1-3-24-16-9-7-13(8-10-16)17(20)12(2)25-18(21)14-5-4-6-15(11-14)19(22)23/h4-12H,3H2,1-2H3/t12-/m0/s1. The van der Waals surface area contributed by atoms with Crippen molar-refractivity contribution < 1.29 is 24.0 Å². The summed E-state index contributed by atoms with van der Waals surface area (Å²) in [5.41, 5.74) is 0.170. The molecule has 0 N–H and O–H groups in total. The number of non-ortho nitro benzene ring substituents is 1. The lowest BCUT2D eigenvalue weighted by atomic mass is 10.1. The Bertz CT molecular complexity index is 784. The molecule has 0 aromatic heterocycles. The van der Waals surface area contributed by atoms with Crippen LogP contribution in [0.25, 0.3) is 0 Å². The summed E-state index contributed by atoms with van der Waals surface area (Å²) >= 11 is 0. The molecule has 7 heteroatoms. The van der Waals surface area contributed by atoms with Crippen molar-refractivity contribution in [1.29, 1.82) is 0 Å². The van der Waals surface area contributed by atoms with Crippen molar-refractivity contribution in [3.8, 4) is 5.75 Å². The van der Waals surface area contributed by atoms with Gasteiger partial charge in [-0.15, -0.1) is 0 Å². The number of nitrogens with zero attached hydrogens (tertiary/aromatic N) is 1. The largest absolute Gasteiger partial charge is 0.494 e. The number of benzene rings is 2. The van der Waals surface area contributed by atoms with E-state index >= 15 is 0 Å². The lowest BCUT2D eigenvalue weighted by molar-refractivity contribution is -0.384. The molecule has 0 fully saturated rings. The molecule has 0 amide bonds. The van der Waals surface area contributed by atoms with Crippen molar-refractivity contribution in [2.45, 2.75) is 20.0 Å². The molecule has 25 heavy (non-hydrogen) atoms. The van der Waals surface area contributed by atoms with Gasteiger partial charge in [-0.05, 0) is 44.2 Å². The smallest absolute Gasteiger partial charge is 0.339 e. The van der Waals surface area contributed by atoms with Gasteiger partial charge in [0.05, 0.1) is 17.1 Å². The Balaban J connectivity index is 2.06. The first-order valence-electron chi connectivity index (χ1n) is 7.65. The third kappa shape index (κ3) is 4.63. The number of ether oxygens (including phenoxy) is 2. The summed E-state index contributed by atoms with van der Waals surface area (Å²) < 4.78 is 10.4. The minimum absolute atomic E-state index is 0.0144. The third-order valence-electron chi connectivity index (χ3n) is 3.40. The lowest BCUT2D eigenvalue weighted by Crippen LogP contribution is -2.24. The summed E-state index contributed by atoms with van der Waals surface area (Å²) in [5, 5.41) is 10.8. The quantitative estimate of drug-likeness (QED) is 0.331. The van der Waals surface area contributed by atoms with Crippen molar-refractivity contribution in [3.05, 3.63) is 69.8 Å². The van der Waals surface area contributed by atoms with Gasteiger partial charge in [0.15, 0.2) is 6.10 Å². The second-order valence-corrected chi connectivity index (χ2v) is 5.18. The van der Waals surface area contributed by atoms with E-state index in [0.717, 1.165) is 6.07 Å². The molecular weight excluding hydrogens is 326 g/mol. The molecule has 2 aromatic carbocycles. The van der Waals surface area contributed by atoms with Gasteiger partial charge >= 0.3 is 5.97 Å². The number of carbonyl (C=O) groups excluding carboxylic acids is 2. The average molecular weight is 343 g/mol. The molecule has 7 nitrogen and oxygen atoms in total. The predicted molar refractivity (Wildman–Crippen MR) is 89.9 cm³/mol. The van der Waals surface area contributed by atoms with Crippen LogP contribution in [-0.2, 0) is 4.74 Å². The molecule has 1 atom stereocenters. The van der Waals surface area contributed by atoms with E-state index in [9.17, 15) is 19.7 Å². The summed E-state index contributed by atoms with van der Waals surface area (Å²) in [6, 6.07) is 11.6. The van der Waals surface area contributed by atoms with Gasteiger partial charge in [-0.25, -0.2) is 4.79 Å². The maximum Gasteiger partial charge on any atom is 0.339 e. The van der Waals surface area contributed by atoms with E-state index in [-0.39, 0.29) is 17.0 Å². The first-order valence-corrected chi connectivity index (χ1v) is 7.65. The Labute approximate surface area is 144 Å². The van der Waals surface area contributed by atoms with E-state index in [2.05, 4.69) is 0 Å². The van der Waals surface area contributed by atoms with Gasteiger partial charge in [0.1, 0.15) is 5.75 Å². The first-order chi connectivity index (χ1) is 11.9. The Morgan fingerprint density at radius 2 is 1.80 bits per heavy atom. The molecule has 2 aromatic rings. The normalized spacial score (nSPS) is 11.4. The van der Waals surface area contributed by atoms with Gasteiger partial charge in [-0.2, -0.15) is 0 Å². The second kappa shape index (κ2) is 8.05. The Morgan fingerprint density at radius 3 is 2.40 bits per heavy atom. The van der Waals surface area contributed by atoms with Crippen molar-refractivity contribution >= 4 is 17.4 Å². The topological polar surface area (TPSA) is 95.7 Å². The molecule has 2 rings (SSSR count). The first kappa shape index (κ1) is 18.1. The van der Waals surface area contributed by atoms with Crippen LogP contribution < -0.4 is 4.74 Å². The summed E-state index contributed by atoms with van der Waals surface area (Å²) in [4.78, 5) is 34.6. The Kier molecular flexibility index (Phi) is 5.84. The fourth-order valence-corrected chi connectivity index (χ4v) is 2.15. The molecule has 0 aliphatic rings. The van der Waals surface area contributed by atoms with Crippen LogP contribution in [0.15, 0.2) is 48.5 Å². The van der Waals surface area contributed by atoms with Crippen molar-refractivity contribution in [2.75, 3.05) is 6.61 Å². The van der Waals surface area contributed by atoms with E-state index < -0.39 is 17.0 Å². The highest BCUT2D eigenvalue weighted by atomic mass is 16.6. The van der Waals surface area contributed by atoms with E-state index in [1.807, 2.05) is 6.92 Å². The highest BCUT2D eigenvalue weighted by molar-refractivity contribution is 6.01. The van der Waals surface area contributed by atoms with Gasteiger partial charge < -0.3 is 9.47 Å². The number of rotatable bonds is 7. The molecule has 0 radical (unpaired) electrons. The number of esters is 1. The van der Waals surface area contributed by atoms with Crippen LogP contribution in [0.5, 0.6) is 5.75 Å². The predicted octanol–water partition coefficient (Wildman–Crippen LogP) is 3.42. The van der Waals surface area contributed by atoms with Gasteiger partial charge in [0, 0.05) is 17.7 Å². The molecular formula is C18H17NO6. The Morgan fingerprint density at radius 1 is 1.12 bits per heavy atom. The Hall–Kier alpha value is -3.22. The molecule has 0 aliphatic carbocycles. The molecule has 130 valence electrons. The molecule has 0 unspecified atom stereocenters. The summed E-state index contributed by atoms with van der Waals surface area (Å²) in [7, 11) is 0. The number of hydrogen-bond donors (Lipinski definition) is 0. The highest BCUT2D eigenvalue weighted by Crippen LogP contribution is 2.17. The van der Waals surface area contributed by atoms with Crippen molar-refractivity contribution in [3.63, 3.8) is 0 Å².